The Morgan fingerprint density at radius 2 is 2.62 bits per heavy atom. The van der Waals surface area contributed by atoms with Gasteiger partial charge in [-0.25, -0.2) is 0 Å². The number of ether oxygens (including phenoxy) is 1. The van der Waals surface area contributed by atoms with Gasteiger partial charge in [0, 0.05) is 7.11 Å². The van der Waals surface area contributed by atoms with Crippen molar-refractivity contribution < 1.29 is 14.3 Å². The van der Waals surface area contributed by atoms with Crippen LogP contribution < -0.4 is 0 Å². The Morgan fingerprint density at radius 3 is 3.00 bits per heavy atom. The zero-order valence-electron chi connectivity index (χ0n) is 4.50. The van der Waals surface area contributed by atoms with Crippen LogP contribution in [0, 0.1) is 0 Å². The largest absolute Gasteiger partial charge is 0.376 e. The third kappa shape index (κ3) is 3.21. The van der Waals surface area contributed by atoms with Crippen molar-refractivity contribution in [2.24, 2.45) is 0 Å². The third-order valence-electron chi connectivity index (χ3n) is 0.488. The van der Waals surface area contributed by atoms with Crippen LogP contribution in [0.25, 0.3) is 5.53 Å². The van der Waals surface area contributed by atoms with Gasteiger partial charge in [-0.05, 0) is 0 Å². The Morgan fingerprint density at radius 1 is 2.00 bits per heavy atom. The molecular formula is C4H6N2O2. The van der Waals surface area contributed by atoms with Crippen LogP contribution in [-0.4, -0.2) is 30.5 Å². The Kier molecular flexibility index (Phi) is 3.66. The van der Waals surface area contributed by atoms with Gasteiger partial charge >= 0.3 is 6.21 Å². The highest BCUT2D eigenvalue weighted by Gasteiger charge is 1.97. The molecule has 0 atom stereocenters. The first-order valence-electron chi connectivity index (χ1n) is 2.00. The molecule has 0 aromatic carbocycles. The van der Waals surface area contributed by atoms with Crippen LogP contribution in [0.15, 0.2) is 0 Å². The van der Waals surface area contributed by atoms with E-state index in [-0.39, 0.29) is 12.4 Å². The third-order valence-corrected chi connectivity index (χ3v) is 0.488. The van der Waals surface area contributed by atoms with Gasteiger partial charge in [0.25, 0.3) is 5.78 Å². The van der Waals surface area contributed by atoms with E-state index < -0.39 is 0 Å². The molecule has 8 heavy (non-hydrogen) atoms. The molecule has 4 nitrogen and oxygen atoms in total. The van der Waals surface area contributed by atoms with E-state index in [0.717, 1.165) is 6.21 Å². The summed E-state index contributed by atoms with van der Waals surface area (Å²) in [7, 11) is 1.39. The number of hydrogen-bond donors (Lipinski definition) is 0. The second-order valence-corrected chi connectivity index (χ2v) is 1.14. The lowest BCUT2D eigenvalue weighted by Gasteiger charge is -1.82. The van der Waals surface area contributed by atoms with Crippen LogP contribution >= 0.6 is 0 Å². The number of carbonyl (C=O) groups is 1. The highest BCUT2D eigenvalue weighted by Crippen LogP contribution is 1.64. The fraction of sp³-hybridized carbons (Fsp3) is 0.500. The van der Waals surface area contributed by atoms with Crippen molar-refractivity contribution >= 4 is 12.0 Å². The number of rotatable bonds is 3. The van der Waals surface area contributed by atoms with E-state index in [1.54, 1.807) is 0 Å². The minimum absolute atomic E-state index is 0.0376. The lowest BCUT2D eigenvalue weighted by molar-refractivity contribution is -0.119. The molecule has 0 amide bonds. The first-order chi connectivity index (χ1) is 3.81. The highest BCUT2D eigenvalue weighted by molar-refractivity contribution is 6.25. The van der Waals surface area contributed by atoms with E-state index in [9.17, 15) is 4.79 Å². The summed E-state index contributed by atoms with van der Waals surface area (Å²) in [6.07, 6.45) is 0.795. The summed E-state index contributed by atoms with van der Waals surface area (Å²) in [6, 6.07) is 0. The smallest absolute Gasteiger partial charge is 0.325 e. The first kappa shape index (κ1) is 7.01. The zero-order chi connectivity index (χ0) is 6.41. The van der Waals surface area contributed by atoms with Gasteiger partial charge < -0.3 is 10.3 Å². The van der Waals surface area contributed by atoms with E-state index in [1.807, 2.05) is 0 Å². The van der Waals surface area contributed by atoms with Crippen molar-refractivity contribution in [2.75, 3.05) is 13.7 Å². The van der Waals surface area contributed by atoms with Gasteiger partial charge in [-0.15, -0.1) is 0 Å². The molecule has 0 radical (unpaired) electrons. The predicted molar refractivity (Wildman–Crippen MR) is 26.6 cm³/mol. The van der Waals surface area contributed by atoms with Crippen LogP contribution in [-0.2, 0) is 9.53 Å². The molecule has 0 rings (SSSR count). The molecule has 0 saturated heterocycles. The van der Waals surface area contributed by atoms with E-state index >= 15 is 0 Å². The Labute approximate surface area is 46.7 Å². The number of hydrogen-bond acceptors (Lipinski definition) is 2. The molecule has 4 heteroatoms. The van der Waals surface area contributed by atoms with Crippen molar-refractivity contribution in [3.05, 3.63) is 5.53 Å². The maximum Gasteiger partial charge on any atom is 0.325 e. The van der Waals surface area contributed by atoms with Crippen molar-refractivity contribution in [3.8, 4) is 0 Å². The Hall–Kier alpha value is -0.990. The van der Waals surface area contributed by atoms with Crippen LogP contribution in [0.5, 0.6) is 0 Å². The second-order valence-electron chi connectivity index (χ2n) is 1.14. The summed E-state index contributed by atoms with van der Waals surface area (Å²) in [5.74, 6) is -0.352. The van der Waals surface area contributed by atoms with Crippen molar-refractivity contribution in [1.29, 1.82) is 0 Å². The van der Waals surface area contributed by atoms with Gasteiger partial charge in [-0.1, -0.05) is 0 Å². The van der Waals surface area contributed by atoms with Gasteiger partial charge in [0.15, 0.2) is 0 Å². The summed E-state index contributed by atoms with van der Waals surface area (Å²) in [4.78, 5) is 12.7. The standard InChI is InChI=1S/C4H6N2O2/c1-8-3-4(7)2-6-5/h2H,3H2,1H3. The van der Waals surface area contributed by atoms with Crippen LogP contribution in [0.2, 0.25) is 0 Å². The summed E-state index contributed by atoms with van der Waals surface area (Å²) >= 11 is 0. The number of ketones is 1. The van der Waals surface area contributed by atoms with Gasteiger partial charge in [-0.3, -0.25) is 4.79 Å². The summed E-state index contributed by atoms with van der Waals surface area (Å²) in [5.41, 5.74) is 7.76. The van der Waals surface area contributed by atoms with Crippen LogP contribution in [0.1, 0.15) is 0 Å². The molecule has 0 N–H and O–H groups in total. The van der Waals surface area contributed by atoms with Crippen molar-refractivity contribution in [3.63, 3.8) is 0 Å². The van der Waals surface area contributed by atoms with Gasteiger partial charge in [-0.2, -0.15) is 4.79 Å². The van der Waals surface area contributed by atoms with E-state index in [2.05, 4.69) is 9.53 Å². The predicted octanol–water partition coefficient (Wildman–Crippen LogP) is -0.498. The lowest BCUT2D eigenvalue weighted by atomic mass is 10.5. The van der Waals surface area contributed by atoms with Crippen molar-refractivity contribution in [1.82, 2.24) is 0 Å². The molecule has 0 aromatic rings. The highest BCUT2D eigenvalue weighted by atomic mass is 16.5. The number of methoxy groups -OCH3 is 1. The first-order valence-corrected chi connectivity index (χ1v) is 2.00. The minimum atomic E-state index is -0.352. The SMILES string of the molecule is COCC(=O)C=[N+]=[N-]. The molecule has 0 heterocycles. The number of carbonyl (C=O) groups excluding carboxylic acids is 1. The Bertz CT molecular complexity index is 126. The van der Waals surface area contributed by atoms with Gasteiger partial charge in [0.05, 0.1) is 0 Å². The number of nitrogens with zero attached hydrogens (tertiary/aromatic N) is 2. The van der Waals surface area contributed by atoms with E-state index in [4.69, 9.17) is 5.53 Å². The molecule has 0 unspecified atom stereocenters. The van der Waals surface area contributed by atoms with Crippen LogP contribution in [0.4, 0.5) is 0 Å². The maximum absolute atomic E-state index is 10.2. The zero-order valence-corrected chi connectivity index (χ0v) is 4.50. The van der Waals surface area contributed by atoms with E-state index in [1.165, 1.54) is 7.11 Å². The Balaban J connectivity index is 3.49. The monoisotopic (exact) mass is 114 g/mol. The van der Waals surface area contributed by atoms with Crippen LogP contribution in [0.3, 0.4) is 0 Å². The molecule has 0 aliphatic carbocycles. The summed E-state index contributed by atoms with van der Waals surface area (Å²) in [5, 5.41) is 0. The molecule has 0 aliphatic rings. The molecule has 0 fully saturated rings. The molecule has 0 saturated carbocycles. The van der Waals surface area contributed by atoms with Gasteiger partial charge in [0.1, 0.15) is 6.61 Å². The molecule has 0 aromatic heterocycles. The quantitative estimate of drug-likeness (QED) is 0.282. The molecule has 44 valence electrons. The minimum Gasteiger partial charge on any atom is -0.376 e. The van der Waals surface area contributed by atoms with E-state index in [0.29, 0.717) is 0 Å². The second kappa shape index (κ2) is 4.18. The lowest BCUT2D eigenvalue weighted by Crippen LogP contribution is -2.07. The normalized spacial score (nSPS) is 7.62. The van der Waals surface area contributed by atoms with Gasteiger partial charge in [0.2, 0.25) is 0 Å². The summed E-state index contributed by atoms with van der Waals surface area (Å²) in [6.45, 7) is -0.0376. The molecular weight excluding hydrogens is 108 g/mol. The topological polar surface area (TPSA) is 62.7 Å². The molecule has 0 spiro atoms. The maximum atomic E-state index is 10.2. The summed E-state index contributed by atoms with van der Waals surface area (Å²) < 4.78 is 4.40. The fourth-order valence-electron chi connectivity index (χ4n) is 0.244. The van der Waals surface area contributed by atoms with Crippen molar-refractivity contribution in [2.45, 2.75) is 0 Å². The molecule has 0 aliphatic heterocycles. The average molecular weight is 114 g/mol. The molecule has 0 bridgehead atoms. The average Bonchev–Trinajstić information content (AvgIpc) is 1.68. The fourth-order valence-corrected chi connectivity index (χ4v) is 0.244. The number of Topliss-reactive ketones (excluding diaryl/α,β-unsaturated/α-hetero) is 1.